The van der Waals surface area contributed by atoms with Crippen LogP contribution in [-0.2, 0) is 9.59 Å². The van der Waals surface area contributed by atoms with Crippen LogP contribution >= 0.6 is 39.9 Å². The molecule has 0 spiro atoms. The number of rotatable bonds is 5. The summed E-state index contributed by atoms with van der Waals surface area (Å²) in [4.78, 5) is 30.0. The second kappa shape index (κ2) is 7.82. The van der Waals surface area contributed by atoms with E-state index in [2.05, 4.69) is 22.9 Å². The lowest BCUT2D eigenvalue weighted by Gasteiger charge is -2.17. The number of carbonyl (C=O) groups is 2. The lowest BCUT2D eigenvalue weighted by Crippen LogP contribution is -2.32. The molecule has 3 rings (SSSR count). The average molecular weight is 453 g/mol. The predicted molar refractivity (Wildman–Crippen MR) is 115 cm³/mol. The molecule has 1 saturated heterocycles. The van der Waals surface area contributed by atoms with Gasteiger partial charge in [0.1, 0.15) is 4.32 Å². The molecule has 0 atom stereocenters. The minimum absolute atomic E-state index is 0.100. The first-order valence-electron chi connectivity index (χ1n) is 8.74. The van der Waals surface area contributed by atoms with Crippen LogP contribution in [0.2, 0.25) is 0 Å². The second-order valence-electron chi connectivity index (χ2n) is 6.85. The van der Waals surface area contributed by atoms with Gasteiger partial charge in [0.25, 0.3) is 11.8 Å². The van der Waals surface area contributed by atoms with Crippen molar-refractivity contribution in [3.63, 3.8) is 0 Å². The molecule has 26 heavy (non-hydrogen) atoms. The highest BCUT2D eigenvalue weighted by Crippen LogP contribution is 2.45. The van der Waals surface area contributed by atoms with Crippen LogP contribution in [0.1, 0.15) is 39.2 Å². The highest BCUT2D eigenvalue weighted by atomic mass is 79.9. The van der Waals surface area contributed by atoms with E-state index in [0.29, 0.717) is 33.8 Å². The molecule has 2 aliphatic heterocycles. The van der Waals surface area contributed by atoms with E-state index in [4.69, 9.17) is 12.2 Å². The molecule has 0 aliphatic carbocycles. The number of benzene rings is 1. The number of hydrogen-bond acceptors (Lipinski definition) is 4. The minimum Gasteiger partial charge on any atom is -0.308 e. The summed E-state index contributed by atoms with van der Waals surface area (Å²) in [5.74, 6) is 0.0560. The molecule has 138 valence electrons. The number of amides is 2. The van der Waals surface area contributed by atoms with Gasteiger partial charge in [-0.1, -0.05) is 67.1 Å². The van der Waals surface area contributed by atoms with Crippen LogP contribution in [0.15, 0.2) is 27.6 Å². The summed E-state index contributed by atoms with van der Waals surface area (Å²) in [5.41, 5.74) is 2.17. The molecule has 2 aliphatic rings. The van der Waals surface area contributed by atoms with E-state index in [1.165, 1.54) is 11.8 Å². The number of thiocarbonyl (C=S) groups is 1. The maximum Gasteiger partial charge on any atom is 0.267 e. The van der Waals surface area contributed by atoms with E-state index in [-0.39, 0.29) is 11.8 Å². The summed E-state index contributed by atoms with van der Waals surface area (Å²) in [5, 5.41) is 0. The standard InChI is InChI=1S/C19H21BrN2O2S2/c1-4-5-8-21-14-7-6-12(20)9-13(14)15(17(21)23)16-18(24)22(10-11(2)3)19(25)26-16/h6-7,9,11H,4-5,8,10H2,1-3H3. The van der Waals surface area contributed by atoms with E-state index in [1.54, 1.807) is 9.80 Å². The fraction of sp³-hybridized carbons (Fsp3) is 0.421. The number of hydrogen-bond donors (Lipinski definition) is 0. The predicted octanol–water partition coefficient (Wildman–Crippen LogP) is 4.82. The Hall–Kier alpha value is -1.18. The normalized spacial score (nSPS) is 20.0. The lowest BCUT2D eigenvalue weighted by atomic mass is 10.1. The maximum absolute atomic E-state index is 13.2. The van der Waals surface area contributed by atoms with Crippen LogP contribution in [0.4, 0.5) is 5.69 Å². The van der Waals surface area contributed by atoms with Crippen LogP contribution in [-0.4, -0.2) is 34.1 Å². The molecule has 0 N–H and O–H groups in total. The van der Waals surface area contributed by atoms with Gasteiger partial charge >= 0.3 is 0 Å². The highest BCUT2D eigenvalue weighted by molar-refractivity contribution is 9.10. The first-order valence-corrected chi connectivity index (χ1v) is 10.8. The van der Waals surface area contributed by atoms with Gasteiger partial charge in [-0.2, -0.15) is 0 Å². The average Bonchev–Trinajstić information content (AvgIpc) is 3.00. The van der Waals surface area contributed by atoms with E-state index in [0.717, 1.165) is 28.6 Å². The highest BCUT2D eigenvalue weighted by Gasteiger charge is 2.41. The molecular formula is C19H21BrN2O2S2. The van der Waals surface area contributed by atoms with Crippen molar-refractivity contribution in [3.05, 3.63) is 33.1 Å². The number of nitrogens with zero attached hydrogens (tertiary/aromatic N) is 2. The fourth-order valence-electron chi connectivity index (χ4n) is 3.13. The van der Waals surface area contributed by atoms with Crippen molar-refractivity contribution in [1.29, 1.82) is 0 Å². The molecule has 7 heteroatoms. The Kier molecular flexibility index (Phi) is 5.89. The Morgan fingerprint density at radius 2 is 1.92 bits per heavy atom. The summed E-state index contributed by atoms with van der Waals surface area (Å²) in [6, 6.07) is 5.79. The Balaban J connectivity index is 2.08. The third-order valence-electron chi connectivity index (χ3n) is 4.34. The van der Waals surface area contributed by atoms with Gasteiger partial charge in [-0.3, -0.25) is 14.5 Å². The van der Waals surface area contributed by atoms with Crippen molar-refractivity contribution in [2.75, 3.05) is 18.0 Å². The molecule has 0 saturated carbocycles. The number of unbranched alkanes of at least 4 members (excludes halogenated alkanes) is 1. The lowest BCUT2D eigenvalue weighted by molar-refractivity contribution is -0.122. The summed E-state index contributed by atoms with van der Waals surface area (Å²) < 4.78 is 1.42. The Bertz CT molecular complexity index is 820. The number of carbonyl (C=O) groups excluding carboxylic acids is 2. The number of halogens is 1. The van der Waals surface area contributed by atoms with Gasteiger partial charge in [0, 0.05) is 23.1 Å². The monoisotopic (exact) mass is 452 g/mol. The van der Waals surface area contributed by atoms with E-state index in [1.807, 2.05) is 32.0 Å². The van der Waals surface area contributed by atoms with Crippen LogP contribution < -0.4 is 4.90 Å². The first-order chi connectivity index (χ1) is 12.3. The smallest absolute Gasteiger partial charge is 0.267 e. The summed E-state index contributed by atoms with van der Waals surface area (Å²) in [6.45, 7) is 7.41. The van der Waals surface area contributed by atoms with E-state index < -0.39 is 0 Å². The Morgan fingerprint density at radius 3 is 2.58 bits per heavy atom. The van der Waals surface area contributed by atoms with Crippen LogP contribution in [0, 0.1) is 5.92 Å². The summed E-state index contributed by atoms with van der Waals surface area (Å²) in [6.07, 6.45) is 1.92. The molecule has 0 unspecified atom stereocenters. The Morgan fingerprint density at radius 1 is 1.19 bits per heavy atom. The van der Waals surface area contributed by atoms with Gasteiger partial charge < -0.3 is 4.90 Å². The van der Waals surface area contributed by atoms with Gasteiger partial charge in [0.05, 0.1) is 16.2 Å². The van der Waals surface area contributed by atoms with Crippen molar-refractivity contribution in [2.45, 2.75) is 33.6 Å². The largest absolute Gasteiger partial charge is 0.308 e. The number of anilines is 1. The van der Waals surface area contributed by atoms with E-state index in [9.17, 15) is 9.59 Å². The van der Waals surface area contributed by atoms with Gasteiger partial charge in [-0.05, 0) is 30.5 Å². The number of thioether (sulfide) groups is 1. The Labute approximate surface area is 172 Å². The van der Waals surface area contributed by atoms with Crippen LogP contribution in [0.25, 0.3) is 5.57 Å². The fourth-order valence-corrected chi connectivity index (χ4v) is 4.84. The van der Waals surface area contributed by atoms with Gasteiger partial charge in [0.2, 0.25) is 0 Å². The topological polar surface area (TPSA) is 40.6 Å². The van der Waals surface area contributed by atoms with Gasteiger partial charge in [0.15, 0.2) is 0 Å². The molecule has 0 radical (unpaired) electrons. The molecule has 1 fully saturated rings. The van der Waals surface area contributed by atoms with Gasteiger partial charge in [-0.25, -0.2) is 0 Å². The van der Waals surface area contributed by atoms with Crippen LogP contribution in [0.3, 0.4) is 0 Å². The van der Waals surface area contributed by atoms with Crippen molar-refractivity contribution in [1.82, 2.24) is 4.90 Å². The quantitative estimate of drug-likeness (QED) is 0.474. The van der Waals surface area contributed by atoms with Gasteiger partial charge in [-0.15, -0.1) is 0 Å². The van der Waals surface area contributed by atoms with Crippen molar-refractivity contribution in [2.24, 2.45) is 5.92 Å². The zero-order valence-corrected chi connectivity index (χ0v) is 18.3. The van der Waals surface area contributed by atoms with Crippen molar-refractivity contribution in [3.8, 4) is 0 Å². The molecule has 1 aromatic rings. The maximum atomic E-state index is 13.2. The zero-order chi connectivity index (χ0) is 19.0. The first kappa shape index (κ1) is 19.6. The minimum atomic E-state index is -0.152. The molecule has 0 aromatic heterocycles. The van der Waals surface area contributed by atoms with Crippen LogP contribution in [0.5, 0.6) is 0 Å². The zero-order valence-electron chi connectivity index (χ0n) is 15.0. The van der Waals surface area contributed by atoms with Crippen molar-refractivity contribution >= 4 is 67.3 Å². The summed E-state index contributed by atoms with van der Waals surface area (Å²) >= 11 is 10.1. The van der Waals surface area contributed by atoms with Crippen molar-refractivity contribution < 1.29 is 9.59 Å². The molecule has 2 heterocycles. The molecule has 0 bridgehead atoms. The molecule has 2 amide bonds. The summed E-state index contributed by atoms with van der Waals surface area (Å²) in [7, 11) is 0. The molecule has 4 nitrogen and oxygen atoms in total. The molecular weight excluding hydrogens is 432 g/mol. The molecule has 1 aromatic carbocycles. The second-order valence-corrected chi connectivity index (χ2v) is 9.41. The van der Waals surface area contributed by atoms with E-state index >= 15 is 0 Å². The number of fused-ring (bicyclic) bond motifs is 1. The SMILES string of the molecule is CCCCN1C(=O)C(=C2SC(=S)N(CC(C)C)C2=O)c2cc(Br)ccc21. The third-order valence-corrected chi connectivity index (χ3v) is 6.28. The third kappa shape index (κ3) is 3.49.